The van der Waals surface area contributed by atoms with Gasteiger partial charge in [0.1, 0.15) is 5.75 Å². The van der Waals surface area contributed by atoms with Crippen LogP contribution in [0.2, 0.25) is 0 Å². The average Bonchev–Trinajstić information content (AvgIpc) is 3.08. The molecule has 1 aromatic heterocycles. The molecular formula is C18H22N2O3S. The fourth-order valence-corrected chi connectivity index (χ4v) is 3.20. The molecular weight excluding hydrogens is 324 g/mol. The van der Waals surface area contributed by atoms with Crippen LogP contribution in [0.15, 0.2) is 41.8 Å². The lowest BCUT2D eigenvalue weighted by atomic mass is 10.1. The molecule has 1 heterocycles. The lowest BCUT2D eigenvalue weighted by Gasteiger charge is -2.22. The Kier molecular flexibility index (Phi) is 6.37. The number of thiophene rings is 1. The van der Waals surface area contributed by atoms with Crippen LogP contribution >= 0.6 is 11.3 Å². The first-order valence-electron chi connectivity index (χ1n) is 7.67. The zero-order chi connectivity index (χ0) is 17.5. The van der Waals surface area contributed by atoms with Gasteiger partial charge in [0.15, 0.2) is 0 Å². The molecule has 0 fully saturated rings. The van der Waals surface area contributed by atoms with Gasteiger partial charge < -0.3 is 15.0 Å². The van der Waals surface area contributed by atoms with Crippen LogP contribution in [0.5, 0.6) is 5.75 Å². The first-order valence-corrected chi connectivity index (χ1v) is 8.55. The zero-order valence-corrected chi connectivity index (χ0v) is 14.9. The topological polar surface area (TPSA) is 58.6 Å². The number of ether oxygens (including phenoxy) is 1. The molecule has 0 saturated carbocycles. The van der Waals surface area contributed by atoms with E-state index in [2.05, 4.69) is 5.32 Å². The van der Waals surface area contributed by atoms with Crippen LogP contribution in [0.1, 0.15) is 29.8 Å². The Morgan fingerprint density at radius 3 is 2.71 bits per heavy atom. The van der Waals surface area contributed by atoms with E-state index < -0.39 is 0 Å². The third-order valence-electron chi connectivity index (χ3n) is 3.62. The maximum absolute atomic E-state index is 12.5. The van der Waals surface area contributed by atoms with Gasteiger partial charge in [-0.1, -0.05) is 18.2 Å². The average molecular weight is 346 g/mol. The lowest BCUT2D eigenvalue weighted by molar-refractivity contribution is -0.131. The molecule has 2 aromatic rings. The van der Waals surface area contributed by atoms with E-state index in [0.29, 0.717) is 6.54 Å². The third-order valence-corrected chi connectivity index (χ3v) is 4.61. The molecule has 0 aliphatic heterocycles. The minimum absolute atomic E-state index is 0.0232. The Bertz CT molecular complexity index is 685. The van der Waals surface area contributed by atoms with Crippen molar-refractivity contribution in [3.63, 3.8) is 0 Å². The summed E-state index contributed by atoms with van der Waals surface area (Å²) in [6.07, 6.45) is 0.237. The van der Waals surface area contributed by atoms with E-state index in [-0.39, 0.29) is 24.3 Å². The summed E-state index contributed by atoms with van der Waals surface area (Å²) >= 11 is 1.53. The van der Waals surface area contributed by atoms with E-state index in [4.69, 9.17) is 4.74 Å². The second-order valence-electron chi connectivity index (χ2n) is 5.57. The van der Waals surface area contributed by atoms with Crippen molar-refractivity contribution in [2.75, 3.05) is 14.2 Å². The van der Waals surface area contributed by atoms with E-state index >= 15 is 0 Å². The highest BCUT2D eigenvalue weighted by Gasteiger charge is 2.20. The number of hydrogen-bond donors (Lipinski definition) is 1. The van der Waals surface area contributed by atoms with E-state index in [1.54, 1.807) is 19.1 Å². The normalized spacial score (nSPS) is 11.6. The van der Waals surface area contributed by atoms with E-state index in [1.807, 2.05) is 41.8 Å². The number of benzene rings is 1. The predicted octanol–water partition coefficient (Wildman–Crippen LogP) is 2.98. The molecule has 5 nitrogen and oxygen atoms in total. The van der Waals surface area contributed by atoms with Gasteiger partial charge in [-0.25, -0.2) is 0 Å². The molecule has 0 radical (unpaired) electrons. The summed E-state index contributed by atoms with van der Waals surface area (Å²) in [5.41, 5.74) is 0.998. The SMILES string of the molecule is COc1cccc(CN(C)C(=O)C[C@H](NC(C)=O)c2cccs2)c1. The third kappa shape index (κ3) is 5.09. The Morgan fingerprint density at radius 1 is 1.29 bits per heavy atom. The summed E-state index contributed by atoms with van der Waals surface area (Å²) in [5, 5.41) is 4.79. The molecule has 128 valence electrons. The number of nitrogens with one attached hydrogen (secondary N) is 1. The fourth-order valence-electron chi connectivity index (χ4n) is 2.42. The summed E-state index contributed by atoms with van der Waals surface area (Å²) in [7, 11) is 3.38. The highest BCUT2D eigenvalue weighted by molar-refractivity contribution is 7.10. The first-order chi connectivity index (χ1) is 11.5. The molecule has 2 rings (SSSR count). The van der Waals surface area contributed by atoms with Gasteiger partial charge in [-0.2, -0.15) is 0 Å². The molecule has 0 spiro atoms. The first kappa shape index (κ1) is 18.0. The van der Waals surface area contributed by atoms with Crippen LogP contribution in [0.25, 0.3) is 0 Å². The van der Waals surface area contributed by atoms with Crippen molar-refractivity contribution >= 4 is 23.2 Å². The molecule has 0 aliphatic rings. The second kappa shape index (κ2) is 8.49. The van der Waals surface area contributed by atoms with Gasteiger partial charge in [0, 0.05) is 25.4 Å². The van der Waals surface area contributed by atoms with Crippen LogP contribution in [0, 0.1) is 0 Å². The van der Waals surface area contributed by atoms with Crippen LogP contribution in [0.4, 0.5) is 0 Å². The van der Waals surface area contributed by atoms with Gasteiger partial charge in [0.05, 0.1) is 19.6 Å². The number of hydrogen-bond acceptors (Lipinski definition) is 4. The Morgan fingerprint density at radius 2 is 2.08 bits per heavy atom. The Balaban J connectivity index is 2.01. The molecule has 0 bridgehead atoms. The summed E-state index contributed by atoms with van der Waals surface area (Å²) in [6.45, 7) is 1.96. The molecule has 6 heteroatoms. The van der Waals surface area contributed by atoms with Gasteiger partial charge >= 0.3 is 0 Å². The number of methoxy groups -OCH3 is 1. The van der Waals surface area contributed by atoms with Crippen molar-refractivity contribution in [3.8, 4) is 5.75 Å². The molecule has 24 heavy (non-hydrogen) atoms. The smallest absolute Gasteiger partial charge is 0.225 e. The minimum Gasteiger partial charge on any atom is -0.497 e. The van der Waals surface area contributed by atoms with E-state index in [1.165, 1.54) is 18.3 Å². The van der Waals surface area contributed by atoms with Gasteiger partial charge in [0.2, 0.25) is 11.8 Å². The van der Waals surface area contributed by atoms with Crippen molar-refractivity contribution in [2.45, 2.75) is 25.9 Å². The molecule has 1 aromatic carbocycles. The molecule has 0 unspecified atom stereocenters. The van der Waals surface area contributed by atoms with E-state index in [0.717, 1.165) is 16.2 Å². The van der Waals surface area contributed by atoms with Crippen LogP contribution in [-0.2, 0) is 16.1 Å². The molecule has 1 atom stereocenters. The molecule has 2 amide bonds. The van der Waals surface area contributed by atoms with Crippen LogP contribution in [0.3, 0.4) is 0 Å². The van der Waals surface area contributed by atoms with Crippen LogP contribution < -0.4 is 10.1 Å². The molecule has 1 N–H and O–H groups in total. The molecule has 0 aliphatic carbocycles. The quantitative estimate of drug-likeness (QED) is 0.838. The fraction of sp³-hybridized carbons (Fsp3) is 0.333. The van der Waals surface area contributed by atoms with Gasteiger partial charge in [-0.05, 0) is 29.1 Å². The summed E-state index contributed by atoms with van der Waals surface area (Å²) in [4.78, 5) is 26.6. The van der Waals surface area contributed by atoms with Crippen molar-refractivity contribution in [3.05, 3.63) is 52.2 Å². The predicted molar refractivity (Wildman–Crippen MR) is 95.0 cm³/mol. The Hall–Kier alpha value is -2.34. The highest BCUT2D eigenvalue weighted by atomic mass is 32.1. The van der Waals surface area contributed by atoms with Gasteiger partial charge in [-0.3, -0.25) is 9.59 Å². The lowest BCUT2D eigenvalue weighted by Crippen LogP contribution is -2.33. The van der Waals surface area contributed by atoms with Crippen molar-refractivity contribution in [2.24, 2.45) is 0 Å². The maximum atomic E-state index is 12.5. The summed E-state index contributed by atoms with van der Waals surface area (Å²) in [5.74, 6) is 0.602. The van der Waals surface area contributed by atoms with Gasteiger partial charge in [-0.15, -0.1) is 11.3 Å². The number of amides is 2. The molecule has 0 saturated heterocycles. The number of carbonyl (C=O) groups excluding carboxylic acids is 2. The Labute approximate surface area is 146 Å². The van der Waals surface area contributed by atoms with Crippen LogP contribution in [-0.4, -0.2) is 30.9 Å². The van der Waals surface area contributed by atoms with Crippen molar-refractivity contribution in [1.29, 1.82) is 0 Å². The minimum atomic E-state index is -0.289. The van der Waals surface area contributed by atoms with Crippen molar-refractivity contribution < 1.29 is 14.3 Å². The summed E-state index contributed by atoms with van der Waals surface area (Å²) in [6, 6.07) is 11.2. The van der Waals surface area contributed by atoms with Gasteiger partial charge in [0.25, 0.3) is 0 Å². The van der Waals surface area contributed by atoms with Crippen molar-refractivity contribution in [1.82, 2.24) is 10.2 Å². The number of carbonyl (C=O) groups is 2. The largest absolute Gasteiger partial charge is 0.497 e. The summed E-state index contributed by atoms with van der Waals surface area (Å²) < 4.78 is 5.20. The zero-order valence-electron chi connectivity index (χ0n) is 14.1. The second-order valence-corrected chi connectivity index (χ2v) is 6.55. The number of nitrogens with zero attached hydrogens (tertiary/aromatic N) is 1. The standard InChI is InChI=1S/C18H22N2O3S/c1-13(21)19-16(17-8-5-9-24-17)11-18(22)20(2)12-14-6-4-7-15(10-14)23-3/h4-10,16H,11-12H2,1-3H3,(H,19,21)/t16-/m0/s1. The highest BCUT2D eigenvalue weighted by Crippen LogP contribution is 2.23. The number of rotatable bonds is 7. The van der Waals surface area contributed by atoms with E-state index in [9.17, 15) is 9.59 Å². The maximum Gasteiger partial charge on any atom is 0.225 e. The monoisotopic (exact) mass is 346 g/mol.